The first-order valence-electron chi connectivity index (χ1n) is 6.83. The zero-order valence-electron chi connectivity index (χ0n) is 11.8. The van der Waals surface area contributed by atoms with Gasteiger partial charge in [0.05, 0.1) is 0 Å². The lowest BCUT2D eigenvalue weighted by Gasteiger charge is -2.14. The Balaban J connectivity index is 1.89. The molecular formula is C15H22N2OS. The molecule has 0 aliphatic carbocycles. The first kappa shape index (κ1) is 14.3. The maximum Gasteiger partial charge on any atom is 0.226 e. The zero-order chi connectivity index (χ0) is 13.8. The van der Waals surface area contributed by atoms with Gasteiger partial charge >= 0.3 is 0 Å². The molecule has 104 valence electrons. The van der Waals surface area contributed by atoms with Crippen molar-refractivity contribution in [3.05, 3.63) is 24.3 Å². The van der Waals surface area contributed by atoms with Crippen LogP contribution in [-0.4, -0.2) is 23.0 Å². The highest BCUT2D eigenvalue weighted by molar-refractivity contribution is 8.00. The number of rotatable bonds is 4. The lowest BCUT2D eigenvalue weighted by Crippen LogP contribution is -2.19. The molecule has 2 atom stereocenters. The molecule has 0 radical (unpaired) electrons. The lowest BCUT2D eigenvalue weighted by atomic mass is 10.1. The second-order valence-electron chi connectivity index (χ2n) is 5.44. The summed E-state index contributed by atoms with van der Waals surface area (Å²) in [5.41, 5.74) is 1.99. The largest absolute Gasteiger partial charge is 0.381 e. The van der Waals surface area contributed by atoms with Gasteiger partial charge in [-0.1, -0.05) is 20.8 Å². The molecule has 4 heteroatoms. The fraction of sp³-hybridized carbons (Fsp3) is 0.533. The van der Waals surface area contributed by atoms with Gasteiger partial charge in [-0.25, -0.2) is 0 Å². The van der Waals surface area contributed by atoms with Gasteiger partial charge in [0, 0.05) is 34.3 Å². The van der Waals surface area contributed by atoms with Crippen LogP contribution in [0.15, 0.2) is 24.3 Å². The van der Waals surface area contributed by atoms with Gasteiger partial charge in [-0.3, -0.25) is 4.79 Å². The molecule has 1 aliphatic rings. The normalized spacial score (nSPS) is 22.5. The molecular weight excluding hydrogens is 256 g/mol. The minimum absolute atomic E-state index is 0.00908. The zero-order valence-corrected chi connectivity index (χ0v) is 12.6. The number of thioether (sulfide) groups is 1. The molecule has 0 aromatic heterocycles. The van der Waals surface area contributed by atoms with Gasteiger partial charge in [0.2, 0.25) is 5.91 Å². The smallest absolute Gasteiger partial charge is 0.226 e. The Bertz CT molecular complexity index is 430. The summed E-state index contributed by atoms with van der Waals surface area (Å²) in [6, 6.07) is 8.53. The van der Waals surface area contributed by atoms with Crippen molar-refractivity contribution >= 4 is 29.0 Å². The highest BCUT2D eigenvalue weighted by Gasteiger charge is 2.21. The molecule has 2 unspecified atom stereocenters. The van der Waals surface area contributed by atoms with Crippen molar-refractivity contribution in [2.45, 2.75) is 38.5 Å². The second-order valence-corrected chi connectivity index (χ2v) is 6.91. The molecule has 2 rings (SSSR count). The fourth-order valence-corrected chi connectivity index (χ4v) is 3.24. The summed E-state index contributed by atoms with van der Waals surface area (Å²) in [6.45, 7) is 6.06. The van der Waals surface area contributed by atoms with E-state index in [9.17, 15) is 4.79 Å². The van der Waals surface area contributed by atoms with E-state index in [-0.39, 0.29) is 11.8 Å². The molecule has 19 heavy (non-hydrogen) atoms. The van der Waals surface area contributed by atoms with E-state index in [0.717, 1.165) is 16.6 Å². The molecule has 1 fully saturated rings. The van der Waals surface area contributed by atoms with Gasteiger partial charge in [0.25, 0.3) is 0 Å². The lowest BCUT2D eigenvalue weighted by molar-refractivity contribution is -0.118. The fourth-order valence-electron chi connectivity index (χ4n) is 2.09. The third-order valence-corrected chi connectivity index (χ3v) is 4.60. The third kappa shape index (κ3) is 4.16. The van der Waals surface area contributed by atoms with E-state index >= 15 is 0 Å². The summed E-state index contributed by atoms with van der Waals surface area (Å²) in [5.74, 6) is 1.24. The van der Waals surface area contributed by atoms with Crippen molar-refractivity contribution in [2.75, 3.05) is 16.4 Å². The number of anilines is 2. The number of carbonyl (C=O) groups excluding carboxylic acids is 1. The third-order valence-electron chi connectivity index (χ3n) is 3.25. The Hall–Kier alpha value is -1.16. The monoisotopic (exact) mass is 278 g/mol. The van der Waals surface area contributed by atoms with Crippen LogP contribution >= 0.6 is 11.8 Å². The molecule has 2 N–H and O–H groups in total. The summed E-state index contributed by atoms with van der Waals surface area (Å²) in [7, 11) is 0. The molecule has 0 saturated carbocycles. The van der Waals surface area contributed by atoms with Gasteiger partial charge in [0.15, 0.2) is 0 Å². The van der Waals surface area contributed by atoms with Crippen LogP contribution in [0.2, 0.25) is 0 Å². The number of amides is 1. The van der Waals surface area contributed by atoms with E-state index in [1.165, 1.54) is 12.2 Å². The molecule has 1 aromatic carbocycles. The van der Waals surface area contributed by atoms with Gasteiger partial charge in [0.1, 0.15) is 0 Å². The second kappa shape index (κ2) is 6.33. The molecule has 1 amide bonds. The highest BCUT2D eigenvalue weighted by atomic mass is 32.2. The Morgan fingerprint density at radius 1 is 1.26 bits per heavy atom. The minimum Gasteiger partial charge on any atom is -0.381 e. The van der Waals surface area contributed by atoms with E-state index in [1.807, 2.05) is 49.9 Å². The van der Waals surface area contributed by atoms with Crippen LogP contribution in [0.3, 0.4) is 0 Å². The molecule has 1 saturated heterocycles. The molecule has 1 aromatic rings. The average molecular weight is 278 g/mol. The minimum atomic E-state index is 0.00908. The van der Waals surface area contributed by atoms with Crippen LogP contribution in [0.5, 0.6) is 0 Å². The predicted molar refractivity (Wildman–Crippen MR) is 83.9 cm³/mol. The topological polar surface area (TPSA) is 41.1 Å². The summed E-state index contributed by atoms with van der Waals surface area (Å²) in [6.07, 6.45) is 1.22. The van der Waals surface area contributed by atoms with Crippen LogP contribution in [-0.2, 0) is 4.79 Å². The molecule has 0 bridgehead atoms. The van der Waals surface area contributed by atoms with Crippen molar-refractivity contribution in [1.29, 1.82) is 0 Å². The van der Waals surface area contributed by atoms with E-state index in [4.69, 9.17) is 0 Å². The van der Waals surface area contributed by atoms with E-state index < -0.39 is 0 Å². The van der Waals surface area contributed by atoms with Gasteiger partial charge in [-0.05, 0) is 30.7 Å². The molecule has 0 spiro atoms. The van der Waals surface area contributed by atoms with Gasteiger partial charge < -0.3 is 10.6 Å². The van der Waals surface area contributed by atoms with Crippen LogP contribution in [0, 0.1) is 5.92 Å². The van der Waals surface area contributed by atoms with Crippen molar-refractivity contribution < 1.29 is 4.79 Å². The van der Waals surface area contributed by atoms with Crippen molar-refractivity contribution in [3.63, 3.8) is 0 Å². The Kier molecular flexibility index (Phi) is 4.75. The van der Waals surface area contributed by atoms with Crippen LogP contribution in [0.25, 0.3) is 0 Å². The SMILES string of the molecule is CC1CC(Nc2ccc(NC(=O)C(C)C)cc2)CS1. The summed E-state index contributed by atoms with van der Waals surface area (Å²) >= 11 is 2.02. The summed E-state index contributed by atoms with van der Waals surface area (Å²) in [4.78, 5) is 11.6. The average Bonchev–Trinajstić information content (AvgIpc) is 2.77. The van der Waals surface area contributed by atoms with Crippen LogP contribution in [0.1, 0.15) is 27.2 Å². The molecule has 3 nitrogen and oxygen atoms in total. The van der Waals surface area contributed by atoms with Crippen LogP contribution < -0.4 is 10.6 Å². The van der Waals surface area contributed by atoms with Crippen molar-refractivity contribution in [1.82, 2.24) is 0 Å². The molecule has 1 heterocycles. The standard InChI is InChI=1S/C15H22N2OS/c1-10(2)15(18)17-13-6-4-12(5-7-13)16-14-8-11(3)19-9-14/h4-7,10-11,14,16H,8-9H2,1-3H3,(H,17,18). The van der Waals surface area contributed by atoms with Crippen molar-refractivity contribution in [2.24, 2.45) is 5.92 Å². The number of hydrogen-bond acceptors (Lipinski definition) is 3. The number of hydrogen-bond donors (Lipinski definition) is 2. The summed E-state index contributed by atoms with van der Waals surface area (Å²) in [5, 5.41) is 7.19. The number of carbonyl (C=O) groups is 1. The Labute approximate surface area is 119 Å². The van der Waals surface area contributed by atoms with Crippen molar-refractivity contribution in [3.8, 4) is 0 Å². The highest BCUT2D eigenvalue weighted by Crippen LogP contribution is 2.28. The van der Waals surface area contributed by atoms with E-state index in [1.54, 1.807) is 0 Å². The number of benzene rings is 1. The van der Waals surface area contributed by atoms with E-state index in [2.05, 4.69) is 17.6 Å². The predicted octanol–water partition coefficient (Wildman–Crippen LogP) is 3.59. The Morgan fingerprint density at radius 2 is 1.89 bits per heavy atom. The van der Waals surface area contributed by atoms with E-state index in [0.29, 0.717) is 6.04 Å². The van der Waals surface area contributed by atoms with Crippen LogP contribution in [0.4, 0.5) is 11.4 Å². The van der Waals surface area contributed by atoms with Gasteiger partial charge in [-0.15, -0.1) is 0 Å². The Morgan fingerprint density at radius 3 is 2.42 bits per heavy atom. The van der Waals surface area contributed by atoms with Gasteiger partial charge in [-0.2, -0.15) is 11.8 Å². The molecule has 1 aliphatic heterocycles. The maximum absolute atomic E-state index is 11.6. The first-order chi connectivity index (χ1) is 9.04. The maximum atomic E-state index is 11.6. The number of nitrogens with one attached hydrogen (secondary N) is 2. The quantitative estimate of drug-likeness (QED) is 0.884. The summed E-state index contributed by atoms with van der Waals surface area (Å²) < 4.78 is 0. The first-order valence-corrected chi connectivity index (χ1v) is 7.88.